The van der Waals surface area contributed by atoms with E-state index in [0.29, 0.717) is 36.0 Å². The standard InChI is InChI=1S/C20H24ClNO4/c1-15(23)16-6-8-19(9-7-16)26-14-18(24)13-22(2)10-11-25-20-5-3-4-17(21)12-20/h3-9,12,18,24H,10-11,13-14H2,1-2H3. The van der Waals surface area contributed by atoms with Crippen LogP contribution in [0.2, 0.25) is 5.02 Å². The Morgan fingerprint density at radius 3 is 2.54 bits per heavy atom. The summed E-state index contributed by atoms with van der Waals surface area (Å²) < 4.78 is 11.2. The first-order chi connectivity index (χ1) is 12.4. The van der Waals surface area contributed by atoms with E-state index in [2.05, 4.69) is 0 Å². The van der Waals surface area contributed by atoms with Gasteiger partial charge < -0.3 is 19.5 Å². The van der Waals surface area contributed by atoms with Gasteiger partial charge in [0.1, 0.15) is 30.8 Å². The average molecular weight is 378 g/mol. The number of hydrogen-bond donors (Lipinski definition) is 1. The molecule has 1 atom stereocenters. The maximum absolute atomic E-state index is 11.2. The highest BCUT2D eigenvalue weighted by molar-refractivity contribution is 6.30. The molecule has 0 heterocycles. The summed E-state index contributed by atoms with van der Waals surface area (Å²) in [5.41, 5.74) is 0.636. The third-order valence-electron chi connectivity index (χ3n) is 3.76. The van der Waals surface area contributed by atoms with Gasteiger partial charge in [0.25, 0.3) is 0 Å². The van der Waals surface area contributed by atoms with Crippen LogP contribution in [0, 0.1) is 0 Å². The third-order valence-corrected chi connectivity index (χ3v) is 4.00. The topological polar surface area (TPSA) is 59.0 Å². The van der Waals surface area contributed by atoms with Crippen LogP contribution in [0.5, 0.6) is 11.5 Å². The fourth-order valence-electron chi connectivity index (χ4n) is 2.36. The molecule has 0 aliphatic heterocycles. The quantitative estimate of drug-likeness (QED) is 0.644. The number of aliphatic hydroxyl groups is 1. The molecule has 1 N–H and O–H groups in total. The predicted octanol–water partition coefficient (Wildman–Crippen LogP) is 3.29. The molecule has 0 saturated carbocycles. The van der Waals surface area contributed by atoms with E-state index in [1.165, 1.54) is 6.92 Å². The lowest BCUT2D eigenvalue weighted by Crippen LogP contribution is -2.35. The monoisotopic (exact) mass is 377 g/mol. The van der Waals surface area contributed by atoms with E-state index in [1.54, 1.807) is 36.4 Å². The number of Topliss-reactive ketones (excluding diaryl/α,β-unsaturated/α-hetero) is 1. The number of nitrogens with zero attached hydrogens (tertiary/aromatic N) is 1. The van der Waals surface area contributed by atoms with Gasteiger partial charge in [-0.2, -0.15) is 0 Å². The second-order valence-corrected chi connectivity index (χ2v) is 6.55. The number of ketones is 1. The molecule has 1 unspecified atom stereocenters. The first-order valence-electron chi connectivity index (χ1n) is 8.43. The lowest BCUT2D eigenvalue weighted by atomic mass is 10.1. The molecule has 0 spiro atoms. The summed E-state index contributed by atoms with van der Waals surface area (Å²) in [4.78, 5) is 13.2. The predicted molar refractivity (Wildman–Crippen MR) is 102 cm³/mol. The molecule has 26 heavy (non-hydrogen) atoms. The van der Waals surface area contributed by atoms with Gasteiger partial charge in [-0.1, -0.05) is 17.7 Å². The van der Waals surface area contributed by atoms with Crippen LogP contribution in [0.3, 0.4) is 0 Å². The van der Waals surface area contributed by atoms with Crippen molar-refractivity contribution in [1.82, 2.24) is 4.90 Å². The fourth-order valence-corrected chi connectivity index (χ4v) is 2.54. The maximum atomic E-state index is 11.2. The van der Waals surface area contributed by atoms with Crippen molar-refractivity contribution in [3.05, 3.63) is 59.1 Å². The molecule has 0 bridgehead atoms. The van der Waals surface area contributed by atoms with Crippen molar-refractivity contribution in [2.75, 3.05) is 33.4 Å². The third kappa shape index (κ3) is 7.04. The molecule has 2 aromatic rings. The normalized spacial score (nSPS) is 12.0. The van der Waals surface area contributed by atoms with Crippen LogP contribution in [0.1, 0.15) is 17.3 Å². The van der Waals surface area contributed by atoms with E-state index in [1.807, 2.05) is 24.1 Å². The Kier molecular flexibility index (Phi) is 7.91. The summed E-state index contributed by atoms with van der Waals surface area (Å²) in [5.74, 6) is 1.36. The van der Waals surface area contributed by atoms with Crippen molar-refractivity contribution in [3.63, 3.8) is 0 Å². The molecule has 0 aromatic heterocycles. The SMILES string of the molecule is CC(=O)c1ccc(OCC(O)CN(C)CCOc2cccc(Cl)c2)cc1. The van der Waals surface area contributed by atoms with Gasteiger partial charge in [-0.25, -0.2) is 0 Å². The largest absolute Gasteiger partial charge is 0.492 e. The van der Waals surface area contributed by atoms with Crippen LogP contribution in [0.4, 0.5) is 0 Å². The van der Waals surface area contributed by atoms with Crippen LogP contribution in [0.25, 0.3) is 0 Å². The van der Waals surface area contributed by atoms with Crippen molar-refractivity contribution < 1.29 is 19.4 Å². The van der Waals surface area contributed by atoms with Crippen molar-refractivity contribution in [2.45, 2.75) is 13.0 Å². The van der Waals surface area contributed by atoms with Gasteiger partial charge >= 0.3 is 0 Å². The molecular weight excluding hydrogens is 354 g/mol. The Labute approximate surface area is 159 Å². The number of halogens is 1. The number of ether oxygens (including phenoxy) is 2. The Morgan fingerprint density at radius 1 is 1.15 bits per heavy atom. The number of hydrogen-bond acceptors (Lipinski definition) is 5. The minimum absolute atomic E-state index is 0.0122. The highest BCUT2D eigenvalue weighted by atomic mass is 35.5. The first kappa shape index (κ1) is 20.2. The minimum atomic E-state index is -0.626. The highest BCUT2D eigenvalue weighted by Crippen LogP contribution is 2.17. The fraction of sp³-hybridized carbons (Fsp3) is 0.350. The number of aliphatic hydroxyl groups excluding tert-OH is 1. The Hall–Kier alpha value is -2.08. The van der Waals surface area contributed by atoms with E-state index in [0.717, 1.165) is 5.75 Å². The van der Waals surface area contributed by atoms with E-state index in [9.17, 15) is 9.90 Å². The van der Waals surface area contributed by atoms with E-state index in [4.69, 9.17) is 21.1 Å². The molecule has 0 amide bonds. The Balaban J connectivity index is 1.66. The van der Waals surface area contributed by atoms with E-state index >= 15 is 0 Å². The molecule has 5 nitrogen and oxygen atoms in total. The maximum Gasteiger partial charge on any atom is 0.159 e. The molecule has 0 radical (unpaired) electrons. The number of carbonyl (C=O) groups is 1. The zero-order chi connectivity index (χ0) is 18.9. The molecule has 6 heteroatoms. The van der Waals surface area contributed by atoms with Crippen LogP contribution >= 0.6 is 11.6 Å². The van der Waals surface area contributed by atoms with Crippen LogP contribution < -0.4 is 9.47 Å². The molecule has 140 valence electrons. The van der Waals surface area contributed by atoms with Crippen molar-refractivity contribution in [1.29, 1.82) is 0 Å². The van der Waals surface area contributed by atoms with Crippen molar-refractivity contribution in [2.24, 2.45) is 0 Å². The Morgan fingerprint density at radius 2 is 1.88 bits per heavy atom. The van der Waals surface area contributed by atoms with Gasteiger partial charge in [0.05, 0.1) is 0 Å². The van der Waals surface area contributed by atoms with E-state index in [-0.39, 0.29) is 12.4 Å². The molecule has 0 aliphatic rings. The minimum Gasteiger partial charge on any atom is -0.492 e. The molecule has 0 saturated heterocycles. The molecule has 0 aliphatic carbocycles. The molecule has 2 aromatic carbocycles. The van der Waals surface area contributed by atoms with Gasteiger partial charge in [0, 0.05) is 23.7 Å². The number of likely N-dealkylation sites (N-methyl/N-ethyl adjacent to an activating group) is 1. The smallest absolute Gasteiger partial charge is 0.159 e. The lowest BCUT2D eigenvalue weighted by molar-refractivity contribution is 0.0722. The van der Waals surface area contributed by atoms with Crippen LogP contribution in [0.15, 0.2) is 48.5 Å². The number of carbonyl (C=O) groups excluding carboxylic acids is 1. The second-order valence-electron chi connectivity index (χ2n) is 6.11. The number of benzene rings is 2. The average Bonchev–Trinajstić information content (AvgIpc) is 2.60. The van der Waals surface area contributed by atoms with Crippen molar-refractivity contribution >= 4 is 17.4 Å². The summed E-state index contributed by atoms with van der Waals surface area (Å²) in [6.07, 6.45) is -0.626. The number of rotatable bonds is 10. The Bertz CT molecular complexity index is 705. The zero-order valence-electron chi connectivity index (χ0n) is 15.0. The summed E-state index contributed by atoms with van der Waals surface area (Å²) in [6.45, 7) is 3.32. The van der Waals surface area contributed by atoms with Gasteiger partial charge in [-0.3, -0.25) is 4.79 Å². The molecular formula is C20H24ClNO4. The molecule has 0 fully saturated rings. The zero-order valence-corrected chi connectivity index (χ0v) is 15.8. The summed E-state index contributed by atoms with van der Waals surface area (Å²) in [7, 11) is 1.91. The summed E-state index contributed by atoms with van der Waals surface area (Å²) in [5, 5.41) is 10.7. The van der Waals surface area contributed by atoms with Gasteiger partial charge in [-0.05, 0) is 56.4 Å². The van der Waals surface area contributed by atoms with Crippen LogP contribution in [-0.4, -0.2) is 55.2 Å². The summed E-state index contributed by atoms with van der Waals surface area (Å²) in [6, 6.07) is 14.1. The van der Waals surface area contributed by atoms with Gasteiger partial charge in [0.2, 0.25) is 0 Å². The van der Waals surface area contributed by atoms with Gasteiger partial charge in [-0.15, -0.1) is 0 Å². The molecule has 2 rings (SSSR count). The highest BCUT2D eigenvalue weighted by Gasteiger charge is 2.10. The second kappa shape index (κ2) is 10.2. The van der Waals surface area contributed by atoms with Crippen LogP contribution in [-0.2, 0) is 0 Å². The first-order valence-corrected chi connectivity index (χ1v) is 8.80. The van der Waals surface area contributed by atoms with Gasteiger partial charge in [0.15, 0.2) is 5.78 Å². The lowest BCUT2D eigenvalue weighted by Gasteiger charge is -2.21. The summed E-state index contributed by atoms with van der Waals surface area (Å²) >= 11 is 5.91. The van der Waals surface area contributed by atoms with Crippen molar-refractivity contribution in [3.8, 4) is 11.5 Å². The van der Waals surface area contributed by atoms with E-state index < -0.39 is 6.10 Å².